The largest absolute Gasteiger partial charge is 0.477 e. The van der Waals surface area contributed by atoms with Crippen LogP contribution < -0.4 is 0 Å². The van der Waals surface area contributed by atoms with Gasteiger partial charge in [0.2, 0.25) is 0 Å². The Hall–Kier alpha value is -2.03. The summed E-state index contributed by atoms with van der Waals surface area (Å²) in [6.07, 6.45) is 4.85. The number of carboxylic acids is 1. The minimum absolute atomic E-state index is 0.361. The number of carboxylic acid groups (broad SMARTS) is 1. The van der Waals surface area contributed by atoms with Crippen molar-refractivity contribution in [1.82, 2.24) is 4.57 Å². The van der Waals surface area contributed by atoms with E-state index in [0.29, 0.717) is 12.2 Å². The first-order valence-corrected chi connectivity index (χ1v) is 7.25. The smallest absolute Gasteiger partial charge is 0.352 e. The summed E-state index contributed by atoms with van der Waals surface area (Å²) in [7, 11) is 0. The van der Waals surface area contributed by atoms with Crippen LogP contribution in [-0.2, 0) is 19.4 Å². The summed E-state index contributed by atoms with van der Waals surface area (Å²) in [6.45, 7) is 2.65. The number of aromatic carboxylic acids is 1. The average Bonchev–Trinajstić information content (AvgIpc) is 2.90. The highest BCUT2D eigenvalue weighted by molar-refractivity contribution is 5.87. The quantitative estimate of drug-likeness (QED) is 0.922. The molecule has 20 heavy (non-hydrogen) atoms. The first-order chi connectivity index (χ1) is 9.70. The second-order valence-corrected chi connectivity index (χ2v) is 5.34. The third kappa shape index (κ3) is 2.13. The van der Waals surface area contributed by atoms with Crippen LogP contribution >= 0.6 is 0 Å². The zero-order chi connectivity index (χ0) is 14.1. The molecule has 0 radical (unpaired) electrons. The number of nitrogens with zero attached hydrogens (tertiary/aromatic N) is 1. The summed E-state index contributed by atoms with van der Waals surface area (Å²) in [4.78, 5) is 11.2. The van der Waals surface area contributed by atoms with Gasteiger partial charge in [0.15, 0.2) is 0 Å². The van der Waals surface area contributed by atoms with Gasteiger partial charge in [0.05, 0.1) is 0 Å². The van der Waals surface area contributed by atoms with E-state index in [4.69, 9.17) is 0 Å². The van der Waals surface area contributed by atoms with E-state index >= 15 is 0 Å². The lowest BCUT2D eigenvalue weighted by molar-refractivity contribution is 0.0685. The summed E-state index contributed by atoms with van der Waals surface area (Å²) in [6, 6.07) is 10.2. The molecule has 1 aromatic carbocycles. The van der Waals surface area contributed by atoms with E-state index in [-0.39, 0.29) is 0 Å². The topological polar surface area (TPSA) is 42.2 Å². The molecule has 1 aliphatic rings. The van der Waals surface area contributed by atoms with Gasteiger partial charge in [-0.15, -0.1) is 0 Å². The zero-order valence-electron chi connectivity index (χ0n) is 11.7. The molecule has 0 saturated heterocycles. The van der Waals surface area contributed by atoms with E-state index in [2.05, 4.69) is 18.2 Å². The van der Waals surface area contributed by atoms with E-state index in [9.17, 15) is 9.90 Å². The molecular formula is C17H19NO2. The zero-order valence-corrected chi connectivity index (χ0v) is 11.7. The van der Waals surface area contributed by atoms with Gasteiger partial charge in [-0.2, -0.15) is 0 Å². The van der Waals surface area contributed by atoms with Crippen LogP contribution in [0.4, 0.5) is 0 Å². The maximum Gasteiger partial charge on any atom is 0.352 e. The van der Waals surface area contributed by atoms with Crippen molar-refractivity contribution in [3.8, 4) is 11.3 Å². The number of carbonyl (C=O) groups is 1. The lowest BCUT2D eigenvalue weighted by Gasteiger charge is -2.17. The number of rotatable bonds is 3. The molecule has 0 spiro atoms. The Morgan fingerprint density at radius 3 is 2.60 bits per heavy atom. The highest BCUT2D eigenvalue weighted by Crippen LogP contribution is 2.28. The molecular weight excluding hydrogens is 250 g/mol. The first-order valence-electron chi connectivity index (χ1n) is 7.25. The van der Waals surface area contributed by atoms with Gasteiger partial charge in [0.1, 0.15) is 5.69 Å². The third-order valence-electron chi connectivity index (χ3n) is 4.16. The number of aryl methyl sites for hydroxylation is 2. The molecule has 1 N–H and O–H groups in total. The lowest BCUT2D eigenvalue weighted by Crippen LogP contribution is -2.08. The van der Waals surface area contributed by atoms with E-state index in [1.54, 1.807) is 6.07 Å². The molecule has 0 fully saturated rings. The Labute approximate surface area is 118 Å². The maximum absolute atomic E-state index is 11.2. The summed E-state index contributed by atoms with van der Waals surface area (Å²) in [5.74, 6) is -0.865. The average molecular weight is 269 g/mol. The minimum Gasteiger partial charge on any atom is -0.477 e. The van der Waals surface area contributed by atoms with Gasteiger partial charge in [-0.1, -0.05) is 12.1 Å². The van der Waals surface area contributed by atoms with Crippen LogP contribution in [0.15, 0.2) is 30.3 Å². The fourth-order valence-corrected chi connectivity index (χ4v) is 3.14. The van der Waals surface area contributed by atoms with Gasteiger partial charge in [-0.25, -0.2) is 4.79 Å². The number of hydrogen-bond donors (Lipinski definition) is 1. The Kier molecular flexibility index (Phi) is 3.35. The molecule has 3 rings (SSSR count). The van der Waals surface area contributed by atoms with E-state index < -0.39 is 5.97 Å². The van der Waals surface area contributed by atoms with Crippen molar-refractivity contribution in [2.45, 2.75) is 39.2 Å². The van der Waals surface area contributed by atoms with E-state index in [1.165, 1.54) is 30.4 Å². The van der Waals surface area contributed by atoms with Gasteiger partial charge in [0.25, 0.3) is 0 Å². The van der Waals surface area contributed by atoms with Crippen LogP contribution in [0.25, 0.3) is 11.3 Å². The van der Waals surface area contributed by atoms with Crippen LogP contribution in [0.2, 0.25) is 0 Å². The summed E-state index contributed by atoms with van der Waals surface area (Å²) in [5, 5.41) is 9.23. The molecule has 0 amide bonds. The molecule has 0 unspecified atom stereocenters. The third-order valence-corrected chi connectivity index (χ3v) is 4.16. The molecule has 1 aromatic heterocycles. The van der Waals surface area contributed by atoms with Crippen molar-refractivity contribution in [3.05, 3.63) is 47.2 Å². The first kappa shape index (κ1) is 13.0. The van der Waals surface area contributed by atoms with E-state index in [0.717, 1.165) is 17.7 Å². The van der Waals surface area contributed by atoms with Crippen molar-refractivity contribution in [2.24, 2.45) is 0 Å². The minimum atomic E-state index is -0.865. The van der Waals surface area contributed by atoms with Gasteiger partial charge in [0, 0.05) is 12.2 Å². The SMILES string of the molecule is CCn1c(C(=O)O)ccc1-c1ccc2c(c1)CCCC2. The molecule has 0 atom stereocenters. The van der Waals surface area contributed by atoms with Crippen LogP contribution in [0.1, 0.15) is 41.4 Å². The number of fused-ring (bicyclic) bond motifs is 1. The van der Waals surface area contributed by atoms with Crippen LogP contribution in [0.3, 0.4) is 0 Å². The van der Waals surface area contributed by atoms with Gasteiger partial charge >= 0.3 is 5.97 Å². The van der Waals surface area contributed by atoms with Gasteiger partial charge in [-0.3, -0.25) is 0 Å². The maximum atomic E-state index is 11.2. The van der Waals surface area contributed by atoms with Gasteiger partial charge < -0.3 is 9.67 Å². The summed E-state index contributed by atoms with van der Waals surface area (Å²) >= 11 is 0. The molecule has 104 valence electrons. The van der Waals surface area contributed by atoms with Crippen LogP contribution in [0, 0.1) is 0 Å². The van der Waals surface area contributed by atoms with Crippen molar-refractivity contribution in [1.29, 1.82) is 0 Å². The Balaban J connectivity index is 2.07. The normalized spacial score (nSPS) is 14.1. The van der Waals surface area contributed by atoms with Gasteiger partial charge in [-0.05, 0) is 67.5 Å². The number of aromatic nitrogens is 1. The predicted molar refractivity (Wildman–Crippen MR) is 79.1 cm³/mol. The molecule has 1 heterocycles. The van der Waals surface area contributed by atoms with Crippen LogP contribution in [-0.4, -0.2) is 15.6 Å². The lowest BCUT2D eigenvalue weighted by atomic mass is 9.90. The van der Waals surface area contributed by atoms with E-state index in [1.807, 2.05) is 17.6 Å². The Morgan fingerprint density at radius 1 is 1.15 bits per heavy atom. The molecule has 0 bridgehead atoms. The van der Waals surface area contributed by atoms with Crippen LogP contribution in [0.5, 0.6) is 0 Å². The molecule has 1 aliphatic carbocycles. The molecule has 0 aliphatic heterocycles. The number of hydrogen-bond acceptors (Lipinski definition) is 1. The monoisotopic (exact) mass is 269 g/mol. The highest BCUT2D eigenvalue weighted by atomic mass is 16.4. The second kappa shape index (κ2) is 5.16. The number of benzene rings is 1. The van der Waals surface area contributed by atoms with Crippen molar-refractivity contribution >= 4 is 5.97 Å². The Morgan fingerprint density at radius 2 is 1.90 bits per heavy atom. The summed E-state index contributed by atoms with van der Waals surface area (Å²) in [5.41, 5.74) is 5.36. The van der Waals surface area contributed by atoms with Crippen molar-refractivity contribution in [2.75, 3.05) is 0 Å². The van der Waals surface area contributed by atoms with Crippen molar-refractivity contribution < 1.29 is 9.90 Å². The highest BCUT2D eigenvalue weighted by Gasteiger charge is 2.16. The standard InChI is InChI=1S/C17H19NO2/c1-2-18-15(9-10-16(18)17(19)20)14-8-7-12-5-3-4-6-13(12)11-14/h7-11H,2-6H2,1H3,(H,19,20). The Bertz CT molecular complexity index is 655. The second-order valence-electron chi connectivity index (χ2n) is 5.34. The summed E-state index contributed by atoms with van der Waals surface area (Å²) < 4.78 is 1.87. The molecule has 0 saturated carbocycles. The molecule has 3 nitrogen and oxygen atoms in total. The fourth-order valence-electron chi connectivity index (χ4n) is 3.14. The predicted octanol–water partition coefficient (Wildman–Crippen LogP) is 3.75. The molecule has 3 heteroatoms. The fraction of sp³-hybridized carbons (Fsp3) is 0.353. The molecule has 2 aromatic rings. The van der Waals surface area contributed by atoms with Crippen molar-refractivity contribution in [3.63, 3.8) is 0 Å².